The Labute approximate surface area is 236 Å². The Kier molecular flexibility index (Phi) is 10.3. The highest BCUT2D eigenvalue weighted by atomic mass is 35.5. The molecule has 210 valence electrons. The van der Waals surface area contributed by atoms with E-state index in [1.807, 2.05) is 13.0 Å². The van der Waals surface area contributed by atoms with Crippen molar-refractivity contribution >= 4 is 39.0 Å². The minimum Gasteiger partial charge on any atom is -0.353 e. The zero-order valence-corrected chi connectivity index (χ0v) is 24.5. The number of anilines is 1. The van der Waals surface area contributed by atoms with Crippen molar-refractivity contribution in [3.05, 3.63) is 57.5 Å². The highest BCUT2D eigenvalue weighted by Gasteiger charge is 2.34. The number of sulfonamides is 1. The molecule has 0 aliphatic carbocycles. The second-order valence-corrected chi connectivity index (χ2v) is 13.0. The average Bonchev–Trinajstić information content (AvgIpc) is 2.89. The zero-order valence-electron chi connectivity index (χ0n) is 22.2. The van der Waals surface area contributed by atoms with Gasteiger partial charge in [0.25, 0.3) is 0 Å². The van der Waals surface area contributed by atoms with E-state index in [1.54, 1.807) is 18.3 Å². The van der Waals surface area contributed by atoms with Gasteiger partial charge in [-0.1, -0.05) is 43.1 Å². The van der Waals surface area contributed by atoms with Crippen molar-refractivity contribution in [3.63, 3.8) is 0 Å². The Hall–Kier alpha value is -1.49. The molecule has 0 bridgehead atoms. The van der Waals surface area contributed by atoms with Gasteiger partial charge in [0.05, 0.1) is 10.8 Å². The van der Waals surface area contributed by atoms with E-state index >= 15 is 0 Å². The summed E-state index contributed by atoms with van der Waals surface area (Å²) in [7, 11) is -3.29. The number of hydrogen-bond acceptors (Lipinski definition) is 6. The van der Waals surface area contributed by atoms with Crippen LogP contribution in [0.4, 0.5) is 10.2 Å². The Morgan fingerprint density at radius 2 is 1.87 bits per heavy atom. The van der Waals surface area contributed by atoms with E-state index in [2.05, 4.69) is 31.3 Å². The Morgan fingerprint density at radius 1 is 1.11 bits per heavy atom. The number of hydrogen-bond donors (Lipinski definition) is 1. The van der Waals surface area contributed by atoms with Crippen LogP contribution in [-0.2, 0) is 23.1 Å². The van der Waals surface area contributed by atoms with Crippen LogP contribution in [0.25, 0.3) is 0 Å². The number of nitrogens with one attached hydrogen (secondary N) is 1. The molecule has 0 spiro atoms. The minimum atomic E-state index is -3.29. The van der Waals surface area contributed by atoms with Crippen LogP contribution in [0.2, 0.25) is 10.0 Å². The molecule has 7 nitrogen and oxygen atoms in total. The molecule has 1 atom stereocenters. The topological polar surface area (TPSA) is 68.8 Å². The summed E-state index contributed by atoms with van der Waals surface area (Å²) in [5.74, 6) is 0.624. The summed E-state index contributed by atoms with van der Waals surface area (Å²) in [5.41, 5.74) is 1.44. The summed E-state index contributed by atoms with van der Waals surface area (Å²) in [4.78, 5) is 11.8. The maximum atomic E-state index is 14.2. The van der Waals surface area contributed by atoms with Crippen LogP contribution in [0.5, 0.6) is 0 Å². The van der Waals surface area contributed by atoms with Crippen LogP contribution < -0.4 is 9.62 Å². The highest BCUT2D eigenvalue weighted by Crippen LogP contribution is 2.30. The molecule has 4 rings (SSSR count). The molecule has 11 heteroatoms. The van der Waals surface area contributed by atoms with Gasteiger partial charge in [0.15, 0.2) is 0 Å². The van der Waals surface area contributed by atoms with Crippen molar-refractivity contribution in [2.75, 3.05) is 43.4 Å². The zero-order chi connectivity index (χ0) is 27.3. The predicted octanol–water partition coefficient (Wildman–Crippen LogP) is 4.92. The first kappa shape index (κ1) is 29.5. The molecule has 2 aliphatic heterocycles. The first-order valence-electron chi connectivity index (χ1n) is 13.5. The molecule has 2 fully saturated rings. The summed E-state index contributed by atoms with van der Waals surface area (Å²) >= 11 is 12.5. The van der Waals surface area contributed by atoms with Gasteiger partial charge in [-0.3, -0.25) is 9.80 Å². The molecule has 1 N–H and O–H groups in total. The second-order valence-electron chi connectivity index (χ2n) is 10.3. The lowest BCUT2D eigenvalue weighted by Gasteiger charge is -2.47. The van der Waals surface area contributed by atoms with Gasteiger partial charge in [0.2, 0.25) is 10.0 Å². The Balaban J connectivity index is 1.31. The summed E-state index contributed by atoms with van der Waals surface area (Å²) in [5, 5.41) is 0.972. The first-order chi connectivity index (χ1) is 18.2. The third kappa shape index (κ3) is 7.58. The van der Waals surface area contributed by atoms with Gasteiger partial charge in [-0.2, -0.15) is 0 Å². The molecule has 0 amide bonds. The number of pyridine rings is 1. The van der Waals surface area contributed by atoms with E-state index in [4.69, 9.17) is 23.2 Å². The van der Waals surface area contributed by atoms with Crippen molar-refractivity contribution in [1.29, 1.82) is 0 Å². The lowest BCUT2D eigenvalue weighted by Crippen LogP contribution is -2.58. The molecule has 2 aliphatic rings. The maximum absolute atomic E-state index is 14.2. The van der Waals surface area contributed by atoms with Gasteiger partial charge in [-0.25, -0.2) is 22.5 Å². The lowest BCUT2D eigenvalue weighted by molar-refractivity contribution is 0.0607. The van der Waals surface area contributed by atoms with Gasteiger partial charge >= 0.3 is 0 Å². The van der Waals surface area contributed by atoms with Gasteiger partial charge in [0.1, 0.15) is 11.6 Å². The number of benzene rings is 1. The largest absolute Gasteiger partial charge is 0.353 e. The standard InChI is InChI=1S/C27H38Cl2FN5O2S/c1-3-13-38(36,37)32-17-20-14-25(29)27(31-16-20)34-11-12-35(23(4-2)19-34)24-7-9-33(10-8-24)18-21-5-6-22(28)15-26(21)30/h5-6,14-16,23-24,32H,3-4,7-13,17-19H2,1-2H3/t23-/m0/s1. The lowest BCUT2D eigenvalue weighted by atomic mass is 9.97. The van der Waals surface area contributed by atoms with E-state index in [9.17, 15) is 12.8 Å². The van der Waals surface area contributed by atoms with Gasteiger partial charge in [0, 0.05) is 61.6 Å². The van der Waals surface area contributed by atoms with E-state index in [0.717, 1.165) is 63.4 Å². The predicted molar refractivity (Wildman–Crippen MR) is 153 cm³/mol. The van der Waals surface area contributed by atoms with Crippen LogP contribution in [0, 0.1) is 5.82 Å². The minimum absolute atomic E-state index is 0.106. The summed E-state index contributed by atoms with van der Waals surface area (Å²) < 4.78 is 40.8. The molecule has 0 unspecified atom stereocenters. The number of halogens is 3. The van der Waals surface area contributed by atoms with Crippen molar-refractivity contribution in [3.8, 4) is 0 Å². The van der Waals surface area contributed by atoms with Crippen LogP contribution in [0.15, 0.2) is 30.5 Å². The Bertz CT molecular complexity index is 1190. The van der Waals surface area contributed by atoms with Crippen molar-refractivity contribution in [2.24, 2.45) is 0 Å². The third-order valence-corrected chi connectivity index (χ3v) is 9.62. The van der Waals surface area contributed by atoms with E-state index in [1.165, 1.54) is 6.07 Å². The van der Waals surface area contributed by atoms with Crippen LogP contribution in [0.1, 0.15) is 50.7 Å². The number of aromatic nitrogens is 1. The quantitative estimate of drug-likeness (QED) is 0.427. The SMILES string of the molecule is CCCS(=O)(=O)NCc1cnc(N2CCN(C3CCN(Cc4ccc(Cl)cc4F)CC3)[C@@H](CC)C2)c(Cl)c1. The smallest absolute Gasteiger partial charge is 0.211 e. The summed E-state index contributed by atoms with van der Waals surface area (Å²) in [6.07, 6.45) is 5.44. The van der Waals surface area contributed by atoms with E-state index in [-0.39, 0.29) is 18.1 Å². The van der Waals surface area contributed by atoms with Crippen LogP contribution >= 0.6 is 23.2 Å². The van der Waals surface area contributed by atoms with Gasteiger partial charge in [-0.05, 0) is 62.5 Å². The molecular weight excluding hydrogens is 548 g/mol. The molecule has 2 saturated heterocycles. The molecule has 38 heavy (non-hydrogen) atoms. The molecular formula is C27H38Cl2FN5O2S. The molecule has 1 aromatic heterocycles. The summed E-state index contributed by atoms with van der Waals surface area (Å²) in [6.45, 7) is 9.37. The molecule has 0 saturated carbocycles. The van der Waals surface area contributed by atoms with E-state index in [0.29, 0.717) is 40.7 Å². The van der Waals surface area contributed by atoms with Crippen LogP contribution in [0.3, 0.4) is 0 Å². The number of piperazine rings is 1. The number of rotatable bonds is 10. The van der Waals surface area contributed by atoms with Crippen molar-refractivity contribution in [1.82, 2.24) is 19.5 Å². The highest BCUT2D eigenvalue weighted by molar-refractivity contribution is 7.89. The average molecular weight is 587 g/mol. The van der Waals surface area contributed by atoms with Gasteiger partial charge < -0.3 is 4.90 Å². The van der Waals surface area contributed by atoms with Crippen LogP contribution in [-0.4, -0.2) is 73.8 Å². The summed E-state index contributed by atoms with van der Waals surface area (Å²) in [6, 6.07) is 7.64. The molecule has 0 radical (unpaired) electrons. The molecule has 3 heterocycles. The monoisotopic (exact) mass is 585 g/mol. The normalized spacial score (nSPS) is 20.2. The fourth-order valence-corrected chi connectivity index (χ4v) is 7.08. The Morgan fingerprint density at radius 3 is 2.53 bits per heavy atom. The van der Waals surface area contributed by atoms with Crippen molar-refractivity contribution in [2.45, 2.75) is 64.7 Å². The molecule has 2 aromatic rings. The maximum Gasteiger partial charge on any atom is 0.211 e. The fraction of sp³-hybridized carbons (Fsp3) is 0.593. The second kappa shape index (κ2) is 13.2. The number of nitrogens with zero attached hydrogens (tertiary/aromatic N) is 4. The fourth-order valence-electron chi connectivity index (χ4n) is 5.54. The molecule has 1 aromatic carbocycles. The third-order valence-electron chi connectivity index (χ3n) is 7.58. The number of likely N-dealkylation sites (tertiary alicyclic amines) is 1. The van der Waals surface area contributed by atoms with Gasteiger partial charge in [-0.15, -0.1) is 0 Å². The van der Waals surface area contributed by atoms with E-state index < -0.39 is 10.0 Å². The first-order valence-corrected chi connectivity index (χ1v) is 15.9. The van der Waals surface area contributed by atoms with Crippen molar-refractivity contribution < 1.29 is 12.8 Å². The number of piperidine rings is 1.